The number of halogens is 1. The highest BCUT2D eigenvalue weighted by Crippen LogP contribution is 2.22. The Labute approximate surface area is 99.6 Å². The van der Waals surface area contributed by atoms with Gasteiger partial charge in [-0.1, -0.05) is 0 Å². The van der Waals surface area contributed by atoms with Crippen molar-refractivity contribution in [2.45, 2.75) is 0 Å². The van der Waals surface area contributed by atoms with E-state index in [0.717, 1.165) is 0 Å². The minimum Gasteiger partial charge on any atom is -0.395 e. The summed E-state index contributed by atoms with van der Waals surface area (Å²) in [6.45, 7) is -0.0771. The number of nitrogens with zero attached hydrogens (tertiary/aromatic N) is 1. The zero-order valence-corrected chi connectivity index (χ0v) is 9.73. The lowest BCUT2D eigenvalue weighted by Gasteiger charge is -2.04. The molecule has 0 bridgehead atoms. The molecule has 6 nitrogen and oxygen atoms in total. The molecule has 0 aliphatic rings. The molecule has 0 fully saturated rings. The third-order valence-corrected chi connectivity index (χ3v) is 2.49. The molecule has 1 rings (SSSR count). The number of non-ortho nitro benzene ring substituents is 1. The van der Waals surface area contributed by atoms with E-state index in [2.05, 4.69) is 21.2 Å². The van der Waals surface area contributed by atoms with E-state index in [1.54, 1.807) is 0 Å². The number of benzene rings is 1. The number of aliphatic hydroxyl groups is 1. The van der Waals surface area contributed by atoms with E-state index in [0.29, 0.717) is 4.47 Å². The van der Waals surface area contributed by atoms with Gasteiger partial charge in [-0.15, -0.1) is 0 Å². The van der Waals surface area contributed by atoms with Gasteiger partial charge in [-0.2, -0.15) is 0 Å². The van der Waals surface area contributed by atoms with Gasteiger partial charge in [-0.25, -0.2) is 0 Å². The number of nitrogens with one attached hydrogen (secondary N) is 1. The third kappa shape index (κ3) is 3.01. The third-order valence-electron chi connectivity index (χ3n) is 1.80. The Bertz CT molecular complexity index is 422. The van der Waals surface area contributed by atoms with Gasteiger partial charge < -0.3 is 10.4 Å². The number of carbonyl (C=O) groups excluding carboxylic acids is 1. The Morgan fingerprint density at radius 2 is 2.25 bits per heavy atom. The molecule has 0 aliphatic heterocycles. The van der Waals surface area contributed by atoms with E-state index < -0.39 is 10.8 Å². The van der Waals surface area contributed by atoms with Crippen molar-refractivity contribution < 1.29 is 14.8 Å². The zero-order valence-electron chi connectivity index (χ0n) is 8.14. The molecule has 0 unspecified atom stereocenters. The van der Waals surface area contributed by atoms with Gasteiger partial charge in [0.15, 0.2) is 0 Å². The van der Waals surface area contributed by atoms with E-state index in [4.69, 9.17) is 5.11 Å². The van der Waals surface area contributed by atoms with Crippen molar-refractivity contribution in [3.63, 3.8) is 0 Å². The number of nitro groups is 1. The van der Waals surface area contributed by atoms with E-state index in [9.17, 15) is 14.9 Å². The number of hydrogen-bond donors (Lipinski definition) is 2. The second-order valence-corrected chi connectivity index (χ2v) is 3.76. The molecule has 0 saturated heterocycles. The van der Waals surface area contributed by atoms with Gasteiger partial charge in [-0.3, -0.25) is 14.9 Å². The van der Waals surface area contributed by atoms with Gasteiger partial charge in [0.05, 0.1) is 17.1 Å². The fourth-order valence-corrected chi connectivity index (χ4v) is 1.49. The summed E-state index contributed by atoms with van der Waals surface area (Å²) < 4.78 is 0.466. The molecule has 0 spiro atoms. The first kappa shape index (κ1) is 12.6. The van der Waals surface area contributed by atoms with Crippen LogP contribution in [-0.2, 0) is 0 Å². The molecule has 86 valence electrons. The Balaban J connectivity index is 2.97. The molecule has 0 radical (unpaired) electrons. The topological polar surface area (TPSA) is 92.5 Å². The first-order valence-electron chi connectivity index (χ1n) is 4.39. The van der Waals surface area contributed by atoms with Crippen molar-refractivity contribution >= 4 is 27.5 Å². The first-order valence-corrected chi connectivity index (χ1v) is 5.18. The van der Waals surface area contributed by atoms with Crippen molar-refractivity contribution in [3.05, 3.63) is 38.3 Å². The lowest BCUT2D eigenvalue weighted by molar-refractivity contribution is -0.384. The van der Waals surface area contributed by atoms with Gasteiger partial charge >= 0.3 is 0 Å². The predicted octanol–water partition coefficient (Wildman–Crippen LogP) is 1.08. The van der Waals surface area contributed by atoms with Crippen LogP contribution in [0.25, 0.3) is 0 Å². The van der Waals surface area contributed by atoms with Crippen LogP contribution in [0.15, 0.2) is 22.7 Å². The molecule has 2 N–H and O–H groups in total. The molecule has 7 heteroatoms. The Hall–Kier alpha value is -1.47. The average Bonchev–Trinajstić information content (AvgIpc) is 2.26. The maximum absolute atomic E-state index is 11.5. The van der Waals surface area contributed by atoms with Gasteiger partial charge in [-0.05, 0) is 22.0 Å². The van der Waals surface area contributed by atoms with Gasteiger partial charge in [0.2, 0.25) is 0 Å². The lowest BCUT2D eigenvalue weighted by Crippen LogP contribution is -2.26. The number of aliphatic hydroxyl groups excluding tert-OH is 1. The summed E-state index contributed by atoms with van der Waals surface area (Å²) in [6.07, 6.45) is 0. The molecular formula is C9H9BrN2O4. The summed E-state index contributed by atoms with van der Waals surface area (Å²) in [6, 6.07) is 3.91. The van der Waals surface area contributed by atoms with Crippen LogP contribution >= 0.6 is 15.9 Å². The minimum atomic E-state index is -0.574. The monoisotopic (exact) mass is 288 g/mol. The SMILES string of the molecule is O=C(NCCO)c1cc([N+](=O)[O-])ccc1Br. The summed E-state index contributed by atoms with van der Waals surface area (Å²) in [5.41, 5.74) is 0.0139. The van der Waals surface area contributed by atoms with Gasteiger partial charge in [0.25, 0.3) is 11.6 Å². The van der Waals surface area contributed by atoms with Crippen molar-refractivity contribution in [2.75, 3.05) is 13.2 Å². The predicted molar refractivity (Wildman–Crippen MR) is 60.2 cm³/mol. The number of nitro benzene ring substituents is 1. The van der Waals surface area contributed by atoms with Crippen molar-refractivity contribution in [1.82, 2.24) is 5.32 Å². The highest BCUT2D eigenvalue weighted by Gasteiger charge is 2.14. The Kier molecular flexibility index (Phi) is 4.39. The highest BCUT2D eigenvalue weighted by atomic mass is 79.9. The van der Waals surface area contributed by atoms with E-state index >= 15 is 0 Å². The fourth-order valence-electron chi connectivity index (χ4n) is 1.07. The van der Waals surface area contributed by atoms with Crippen LogP contribution in [0.3, 0.4) is 0 Å². The van der Waals surface area contributed by atoms with Crippen molar-refractivity contribution in [3.8, 4) is 0 Å². The van der Waals surface area contributed by atoms with Crippen LogP contribution in [0.5, 0.6) is 0 Å². The summed E-state index contributed by atoms with van der Waals surface area (Å²) in [4.78, 5) is 21.5. The van der Waals surface area contributed by atoms with Gasteiger partial charge in [0, 0.05) is 23.2 Å². The number of amides is 1. The maximum Gasteiger partial charge on any atom is 0.270 e. The summed E-state index contributed by atoms with van der Waals surface area (Å²) in [5, 5.41) is 21.5. The fraction of sp³-hybridized carbons (Fsp3) is 0.222. The Morgan fingerprint density at radius 3 is 2.81 bits per heavy atom. The van der Waals surface area contributed by atoms with Gasteiger partial charge in [0.1, 0.15) is 0 Å². The molecular weight excluding hydrogens is 280 g/mol. The lowest BCUT2D eigenvalue weighted by atomic mass is 10.2. The molecule has 0 atom stereocenters. The molecule has 1 amide bonds. The first-order chi connectivity index (χ1) is 7.56. The minimum absolute atomic E-state index is 0.105. The summed E-state index contributed by atoms with van der Waals surface area (Å²) in [7, 11) is 0. The smallest absolute Gasteiger partial charge is 0.270 e. The number of hydrogen-bond acceptors (Lipinski definition) is 4. The quantitative estimate of drug-likeness (QED) is 0.640. The van der Waals surface area contributed by atoms with E-state index in [-0.39, 0.29) is 24.4 Å². The normalized spacial score (nSPS) is 9.88. The molecule has 0 heterocycles. The standard InChI is InChI=1S/C9H9BrN2O4/c10-8-2-1-6(12(15)16)5-7(8)9(14)11-3-4-13/h1-2,5,13H,3-4H2,(H,11,14). The zero-order chi connectivity index (χ0) is 12.1. The van der Waals surface area contributed by atoms with Crippen LogP contribution < -0.4 is 5.32 Å². The molecule has 1 aromatic rings. The van der Waals surface area contributed by atoms with Crippen LogP contribution in [0.4, 0.5) is 5.69 Å². The van der Waals surface area contributed by atoms with E-state index in [1.165, 1.54) is 18.2 Å². The molecule has 1 aromatic carbocycles. The van der Waals surface area contributed by atoms with Crippen molar-refractivity contribution in [2.24, 2.45) is 0 Å². The van der Waals surface area contributed by atoms with E-state index in [1.807, 2.05) is 0 Å². The molecule has 0 saturated carbocycles. The highest BCUT2D eigenvalue weighted by molar-refractivity contribution is 9.10. The molecule has 16 heavy (non-hydrogen) atoms. The Morgan fingerprint density at radius 1 is 1.56 bits per heavy atom. The second-order valence-electron chi connectivity index (χ2n) is 2.90. The maximum atomic E-state index is 11.5. The van der Waals surface area contributed by atoms with Crippen LogP contribution in [0, 0.1) is 10.1 Å². The van der Waals surface area contributed by atoms with Crippen LogP contribution in [0.2, 0.25) is 0 Å². The average molecular weight is 289 g/mol. The summed E-state index contributed by atoms with van der Waals surface area (Å²) in [5.74, 6) is -0.468. The number of carbonyl (C=O) groups is 1. The molecule has 0 aliphatic carbocycles. The van der Waals surface area contributed by atoms with Crippen LogP contribution in [-0.4, -0.2) is 29.1 Å². The van der Waals surface area contributed by atoms with Crippen LogP contribution in [0.1, 0.15) is 10.4 Å². The largest absolute Gasteiger partial charge is 0.395 e. The second kappa shape index (κ2) is 5.57. The molecule has 0 aromatic heterocycles. The number of rotatable bonds is 4. The summed E-state index contributed by atoms with van der Waals surface area (Å²) >= 11 is 3.13. The van der Waals surface area contributed by atoms with Crippen molar-refractivity contribution in [1.29, 1.82) is 0 Å².